The lowest BCUT2D eigenvalue weighted by Gasteiger charge is -2.16. The van der Waals surface area contributed by atoms with E-state index in [9.17, 15) is 5.11 Å². The van der Waals surface area contributed by atoms with Crippen LogP contribution in [0.3, 0.4) is 0 Å². The van der Waals surface area contributed by atoms with E-state index in [2.05, 4.69) is 61.5 Å². The second-order valence-electron chi connectivity index (χ2n) is 10.9. The van der Waals surface area contributed by atoms with Crippen molar-refractivity contribution in [2.45, 2.75) is 127 Å². The molecule has 0 amide bonds. The van der Waals surface area contributed by atoms with Crippen molar-refractivity contribution >= 4 is 0 Å². The predicted octanol–water partition coefficient (Wildman–Crippen LogP) is 9.55. The molecule has 0 aliphatic rings. The molecule has 1 aromatic rings. The van der Waals surface area contributed by atoms with Crippen LogP contribution >= 0.6 is 0 Å². The molecule has 1 heteroatoms. The molecule has 0 heterocycles. The zero-order valence-electron chi connectivity index (χ0n) is 22.3. The predicted molar refractivity (Wildman–Crippen MR) is 139 cm³/mol. The molecule has 0 aromatic heterocycles. The maximum atomic E-state index is 10.6. The van der Waals surface area contributed by atoms with Gasteiger partial charge in [-0.2, -0.15) is 0 Å². The standard InChI is InChI=1S/C30H52O/c1-21(2)13-10-14-22(3)15-11-16-23(4)17-12-18-24(5)19-20-29-27(8)25(6)26(7)28(9)30(29)31/h19,21-23,31H,10-18,20H2,1-9H3/b24-19+. The zero-order chi connectivity index (χ0) is 23.6. The fourth-order valence-electron chi connectivity index (χ4n) is 4.71. The van der Waals surface area contributed by atoms with Gasteiger partial charge in [-0.25, -0.2) is 0 Å². The number of allylic oxidation sites excluding steroid dienone is 2. The second-order valence-corrected chi connectivity index (χ2v) is 10.9. The Morgan fingerprint density at radius 2 is 1.19 bits per heavy atom. The van der Waals surface area contributed by atoms with Crippen LogP contribution in [0.1, 0.15) is 120 Å². The molecule has 0 radical (unpaired) electrons. The summed E-state index contributed by atoms with van der Waals surface area (Å²) in [6.07, 6.45) is 15.3. The molecule has 0 aliphatic heterocycles. The molecule has 0 bridgehead atoms. The van der Waals surface area contributed by atoms with Crippen molar-refractivity contribution < 1.29 is 5.11 Å². The molecule has 0 saturated heterocycles. The molecule has 31 heavy (non-hydrogen) atoms. The number of rotatable bonds is 14. The third-order valence-electron chi connectivity index (χ3n) is 7.58. The van der Waals surface area contributed by atoms with E-state index in [0.717, 1.165) is 35.3 Å². The van der Waals surface area contributed by atoms with Crippen LogP contribution in [-0.4, -0.2) is 5.11 Å². The number of aromatic hydroxyl groups is 1. The number of hydrogen-bond acceptors (Lipinski definition) is 1. The molecule has 2 atom stereocenters. The van der Waals surface area contributed by atoms with E-state index in [1.54, 1.807) is 0 Å². The minimum Gasteiger partial charge on any atom is -0.507 e. The van der Waals surface area contributed by atoms with Crippen LogP contribution in [0.2, 0.25) is 0 Å². The maximum absolute atomic E-state index is 10.6. The third-order valence-corrected chi connectivity index (χ3v) is 7.58. The molecular weight excluding hydrogens is 376 g/mol. The van der Waals surface area contributed by atoms with Gasteiger partial charge in [-0.15, -0.1) is 0 Å². The molecular formula is C30H52O. The Morgan fingerprint density at radius 1 is 0.710 bits per heavy atom. The van der Waals surface area contributed by atoms with Gasteiger partial charge in [-0.3, -0.25) is 0 Å². The van der Waals surface area contributed by atoms with E-state index in [4.69, 9.17) is 0 Å². The molecule has 0 aliphatic carbocycles. The van der Waals surface area contributed by atoms with Gasteiger partial charge < -0.3 is 5.11 Å². The highest BCUT2D eigenvalue weighted by molar-refractivity contribution is 5.54. The van der Waals surface area contributed by atoms with Gasteiger partial charge >= 0.3 is 0 Å². The molecule has 2 unspecified atom stereocenters. The van der Waals surface area contributed by atoms with Crippen molar-refractivity contribution in [2.75, 3.05) is 0 Å². The summed E-state index contributed by atoms with van der Waals surface area (Å²) in [5.41, 5.74) is 7.39. The first-order chi connectivity index (χ1) is 14.5. The summed E-state index contributed by atoms with van der Waals surface area (Å²) in [5.74, 6) is 3.08. The average molecular weight is 429 g/mol. The summed E-state index contributed by atoms with van der Waals surface area (Å²) in [7, 11) is 0. The van der Waals surface area contributed by atoms with Gasteiger partial charge in [0, 0.05) is 5.56 Å². The number of phenols is 1. The van der Waals surface area contributed by atoms with Crippen LogP contribution in [0.25, 0.3) is 0 Å². The third kappa shape index (κ3) is 9.84. The Balaban J connectivity index is 2.34. The van der Waals surface area contributed by atoms with E-state index in [1.807, 2.05) is 6.92 Å². The monoisotopic (exact) mass is 428 g/mol. The molecule has 1 nitrogen and oxygen atoms in total. The Bertz CT molecular complexity index is 666. The quantitative estimate of drug-likeness (QED) is 0.292. The fraction of sp³-hybridized carbons (Fsp3) is 0.733. The van der Waals surface area contributed by atoms with Gasteiger partial charge in [0.15, 0.2) is 0 Å². The smallest absolute Gasteiger partial charge is 0.122 e. The van der Waals surface area contributed by atoms with Gasteiger partial charge in [-0.1, -0.05) is 84.3 Å². The normalized spacial score (nSPS) is 14.3. The highest BCUT2D eigenvalue weighted by Gasteiger charge is 2.13. The fourth-order valence-corrected chi connectivity index (χ4v) is 4.71. The SMILES string of the molecule is C/C(=C\Cc1c(C)c(C)c(C)c(C)c1O)CCCC(C)CCCC(C)CCCC(C)C. The lowest BCUT2D eigenvalue weighted by Crippen LogP contribution is -2.00. The van der Waals surface area contributed by atoms with Crippen molar-refractivity contribution in [3.05, 3.63) is 39.5 Å². The summed E-state index contributed by atoms with van der Waals surface area (Å²) >= 11 is 0. The summed E-state index contributed by atoms with van der Waals surface area (Å²) < 4.78 is 0. The number of hydrogen-bond donors (Lipinski definition) is 1. The maximum Gasteiger partial charge on any atom is 0.122 e. The largest absolute Gasteiger partial charge is 0.507 e. The van der Waals surface area contributed by atoms with Gasteiger partial charge in [0.2, 0.25) is 0 Å². The number of phenolic OH excluding ortho intramolecular Hbond substituents is 1. The van der Waals surface area contributed by atoms with E-state index < -0.39 is 0 Å². The van der Waals surface area contributed by atoms with Gasteiger partial charge in [0.1, 0.15) is 5.75 Å². The molecule has 0 spiro atoms. The first kappa shape index (κ1) is 27.8. The Morgan fingerprint density at radius 3 is 1.74 bits per heavy atom. The topological polar surface area (TPSA) is 20.2 Å². The zero-order valence-corrected chi connectivity index (χ0v) is 22.3. The molecule has 178 valence electrons. The van der Waals surface area contributed by atoms with Gasteiger partial charge in [0.25, 0.3) is 0 Å². The van der Waals surface area contributed by atoms with Gasteiger partial charge in [-0.05, 0) is 93.9 Å². The van der Waals surface area contributed by atoms with Gasteiger partial charge in [0.05, 0.1) is 0 Å². The minimum atomic E-state index is 0.497. The summed E-state index contributed by atoms with van der Waals surface area (Å²) in [5, 5.41) is 10.6. The molecule has 1 aromatic carbocycles. The van der Waals surface area contributed by atoms with E-state index in [1.165, 1.54) is 80.1 Å². The Hall–Kier alpha value is -1.24. The summed E-state index contributed by atoms with van der Waals surface area (Å²) in [6.45, 7) is 20.2. The summed E-state index contributed by atoms with van der Waals surface area (Å²) in [4.78, 5) is 0. The van der Waals surface area contributed by atoms with E-state index >= 15 is 0 Å². The Labute approximate surface area is 194 Å². The van der Waals surface area contributed by atoms with Crippen molar-refractivity contribution in [3.8, 4) is 5.75 Å². The summed E-state index contributed by atoms with van der Waals surface area (Å²) in [6, 6.07) is 0. The molecule has 1 N–H and O–H groups in total. The average Bonchev–Trinajstić information content (AvgIpc) is 2.70. The Kier molecular flexibility index (Phi) is 12.6. The van der Waals surface area contributed by atoms with Crippen molar-refractivity contribution in [3.63, 3.8) is 0 Å². The van der Waals surface area contributed by atoms with E-state index in [-0.39, 0.29) is 0 Å². The van der Waals surface area contributed by atoms with Crippen LogP contribution in [0, 0.1) is 45.4 Å². The lowest BCUT2D eigenvalue weighted by molar-refractivity contribution is 0.389. The van der Waals surface area contributed by atoms with Crippen LogP contribution in [0.4, 0.5) is 0 Å². The van der Waals surface area contributed by atoms with Crippen LogP contribution < -0.4 is 0 Å². The van der Waals surface area contributed by atoms with E-state index in [0.29, 0.717) is 5.75 Å². The van der Waals surface area contributed by atoms with Crippen molar-refractivity contribution in [1.29, 1.82) is 0 Å². The van der Waals surface area contributed by atoms with Crippen molar-refractivity contribution in [1.82, 2.24) is 0 Å². The van der Waals surface area contributed by atoms with Crippen LogP contribution in [0.15, 0.2) is 11.6 Å². The van der Waals surface area contributed by atoms with Crippen LogP contribution in [-0.2, 0) is 6.42 Å². The highest BCUT2D eigenvalue weighted by atomic mass is 16.3. The molecule has 0 saturated carbocycles. The minimum absolute atomic E-state index is 0.497. The first-order valence-electron chi connectivity index (χ1n) is 13.0. The first-order valence-corrected chi connectivity index (χ1v) is 13.0. The van der Waals surface area contributed by atoms with Crippen molar-refractivity contribution in [2.24, 2.45) is 17.8 Å². The second kappa shape index (κ2) is 14.0. The lowest BCUT2D eigenvalue weighted by atomic mass is 9.90. The number of benzene rings is 1. The molecule has 1 rings (SSSR count). The van der Waals surface area contributed by atoms with Crippen LogP contribution in [0.5, 0.6) is 5.75 Å². The highest BCUT2D eigenvalue weighted by Crippen LogP contribution is 2.32. The molecule has 0 fully saturated rings.